The number of hydrogen-bond donors (Lipinski definition) is 1. The van der Waals surface area contributed by atoms with E-state index in [2.05, 4.69) is 10.3 Å². The highest BCUT2D eigenvalue weighted by molar-refractivity contribution is 7.08. The van der Waals surface area contributed by atoms with Crippen molar-refractivity contribution < 1.29 is 4.92 Å². The number of nitro groups is 1. The number of thiophene rings is 1. The lowest BCUT2D eigenvalue weighted by atomic mass is 10.2. The van der Waals surface area contributed by atoms with E-state index in [9.17, 15) is 10.1 Å². The molecule has 0 fully saturated rings. The highest BCUT2D eigenvalue weighted by Crippen LogP contribution is 2.24. The van der Waals surface area contributed by atoms with E-state index >= 15 is 0 Å². The molecule has 0 aromatic carbocycles. The minimum Gasteiger partial charge on any atom is -0.360 e. The molecule has 7 heteroatoms. The maximum Gasteiger partial charge on any atom is 0.312 e. The van der Waals surface area contributed by atoms with Crippen molar-refractivity contribution in [3.05, 3.63) is 49.8 Å². The molecule has 96 valence electrons. The number of aromatic nitrogens is 1. The van der Waals surface area contributed by atoms with Crippen LogP contribution in [-0.2, 0) is 6.54 Å². The van der Waals surface area contributed by atoms with Crippen molar-refractivity contribution in [2.75, 3.05) is 5.32 Å². The van der Waals surface area contributed by atoms with Crippen LogP contribution in [0.2, 0.25) is 0 Å². The molecule has 0 saturated carbocycles. The van der Waals surface area contributed by atoms with Crippen molar-refractivity contribution in [1.82, 2.24) is 4.98 Å². The van der Waals surface area contributed by atoms with Gasteiger partial charge in [0.15, 0.2) is 0 Å². The predicted octanol–water partition coefficient (Wildman–Crippen LogP) is 2.84. The molecule has 0 unspecified atom stereocenters. The van der Waals surface area contributed by atoms with Crippen LogP contribution in [0.15, 0.2) is 23.0 Å². The van der Waals surface area contributed by atoms with Gasteiger partial charge in [-0.05, 0) is 28.8 Å². The van der Waals surface area contributed by atoms with Gasteiger partial charge in [-0.2, -0.15) is 16.6 Å². The molecule has 0 radical (unpaired) electrons. The molecule has 0 aliphatic heterocycles. The topological polar surface area (TPSA) is 91.8 Å². The molecule has 0 amide bonds. The molecular formula is C12H10N4O2S. The Labute approximate surface area is 113 Å². The second kappa shape index (κ2) is 5.46. The van der Waals surface area contributed by atoms with Gasteiger partial charge in [-0.3, -0.25) is 10.1 Å². The molecule has 0 atom stereocenters. The summed E-state index contributed by atoms with van der Waals surface area (Å²) in [5, 5.41) is 26.6. The first-order valence-electron chi connectivity index (χ1n) is 5.42. The van der Waals surface area contributed by atoms with Crippen molar-refractivity contribution in [3.8, 4) is 6.07 Å². The van der Waals surface area contributed by atoms with Gasteiger partial charge < -0.3 is 5.32 Å². The van der Waals surface area contributed by atoms with Gasteiger partial charge in [0.1, 0.15) is 6.07 Å². The molecule has 1 N–H and O–H groups in total. The summed E-state index contributed by atoms with van der Waals surface area (Å²) in [6, 6.07) is 3.05. The summed E-state index contributed by atoms with van der Waals surface area (Å²) in [6.45, 7) is 2.45. The quantitative estimate of drug-likeness (QED) is 0.683. The Morgan fingerprint density at radius 2 is 2.37 bits per heavy atom. The molecule has 2 rings (SSSR count). The van der Waals surface area contributed by atoms with Gasteiger partial charge in [0, 0.05) is 18.8 Å². The first kappa shape index (κ1) is 13.0. The fourth-order valence-electron chi connectivity index (χ4n) is 1.54. The van der Waals surface area contributed by atoms with Gasteiger partial charge in [-0.25, -0.2) is 4.98 Å². The monoisotopic (exact) mass is 274 g/mol. The molecule has 0 bridgehead atoms. The SMILES string of the molecule is Cc1cscc1CNc1ncc(C#N)cc1[N+](=O)[O-]. The third-order valence-corrected chi connectivity index (χ3v) is 3.51. The van der Waals surface area contributed by atoms with E-state index in [1.165, 1.54) is 12.3 Å². The zero-order valence-electron chi connectivity index (χ0n) is 10.1. The van der Waals surface area contributed by atoms with Gasteiger partial charge in [-0.1, -0.05) is 0 Å². The van der Waals surface area contributed by atoms with E-state index in [1.54, 1.807) is 11.3 Å². The van der Waals surface area contributed by atoms with Crippen LogP contribution in [0.3, 0.4) is 0 Å². The van der Waals surface area contributed by atoms with E-state index in [1.807, 2.05) is 23.8 Å². The van der Waals surface area contributed by atoms with Crippen molar-refractivity contribution in [2.24, 2.45) is 0 Å². The number of nitrogens with zero attached hydrogens (tertiary/aromatic N) is 3. The van der Waals surface area contributed by atoms with Crippen LogP contribution in [0.1, 0.15) is 16.7 Å². The summed E-state index contributed by atoms with van der Waals surface area (Å²) in [6.07, 6.45) is 1.32. The van der Waals surface area contributed by atoms with Crippen molar-refractivity contribution >= 4 is 22.8 Å². The number of nitriles is 1. The Kier molecular flexibility index (Phi) is 3.73. The Bertz CT molecular complexity index is 660. The van der Waals surface area contributed by atoms with Crippen LogP contribution in [-0.4, -0.2) is 9.91 Å². The minimum absolute atomic E-state index is 0.170. The number of rotatable bonds is 4. The van der Waals surface area contributed by atoms with Crippen molar-refractivity contribution in [3.63, 3.8) is 0 Å². The summed E-state index contributed by atoms with van der Waals surface area (Å²) in [7, 11) is 0. The maximum absolute atomic E-state index is 10.9. The van der Waals surface area contributed by atoms with Crippen molar-refractivity contribution in [2.45, 2.75) is 13.5 Å². The Hall–Kier alpha value is -2.46. The summed E-state index contributed by atoms with van der Waals surface area (Å²) in [4.78, 5) is 14.3. The first-order valence-corrected chi connectivity index (χ1v) is 6.36. The number of anilines is 1. The highest BCUT2D eigenvalue weighted by Gasteiger charge is 2.16. The number of hydrogen-bond acceptors (Lipinski definition) is 6. The predicted molar refractivity (Wildman–Crippen MR) is 72.0 cm³/mol. The lowest BCUT2D eigenvalue weighted by molar-refractivity contribution is -0.384. The van der Waals surface area contributed by atoms with Gasteiger partial charge in [0.05, 0.1) is 10.5 Å². The fourth-order valence-corrected chi connectivity index (χ4v) is 2.39. The van der Waals surface area contributed by atoms with Gasteiger partial charge in [-0.15, -0.1) is 0 Å². The second-order valence-corrected chi connectivity index (χ2v) is 4.64. The zero-order chi connectivity index (χ0) is 13.8. The van der Waals surface area contributed by atoms with Crippen LogP contribution in [0.5, 0.6) is 0 Å². The first-order chi connectivity index (χ1) is 9.11. The van der Waals surface area contributed by atoms with E-state index in [0.717, 1.165) is 11.1 Å². The highest BCUT2D eigenvalue weighted by atomic mass is 32.1. The molecule has 0 spiro atoms. The minimum atomic E-state index is -0.545. The third kappa shape index (κ3) is 2.86. The van der Waals surface area contributed by atoms with Crippen LogP contribution in [0.25, 0.3) is 0 Å². The van der Waals surface area contributed by atoms with Crippen molar-refractivity contribution in [1.29, 1.82) is 5.26 Å². The lowest BCUT2D eigenvalue weighted by Crippen LogP contribution is -2.05. The second-order valence-electron chi connectivity index (χ2n) is 3.89. The van der Waals surface area contributed by atoms with Gasteiger partial charge in [0.2, 0.25) is 5.82 Å². The molecule has 2 aromatic rings. The largest absolute Gasteiger partial charge is 0.360 e. The smallest absolute Gasteiger partial charge is 0.312 e. The Morgan fingerprint density at radius 1 is 1.58 bits per heavy atom. The average molecular weight is 274 g/mol. The fraction of sp³-hybridized carbons (Fsp3) is 0.167. The van der Waals surface area contributed by atoms with Crippen LogP contribution >= 0.6 is 11.3 Å². The van der Waals surface area contributed by atoms with Gasteiger partial charge in [0.25, 0.3) is 0 Å². The number of aryl methyl sites for hydroxylation is 1. The van der Waals surface area contributed by atoms with Crippen LogP contribution in [0, 0.1) is 28.4 Å². The summed E-state index contributed by atoms with van der Waals surface area (Å²) in [5.41, 5.74) is 2.19. The summed E-state index contributed by atoms with van der Waals surface area (Å²) >= 11 is 1.58. The van der Waals surface area contributed by atoms with E-state index in [0.29, 0.717) is 6.54 Å². The van der Waals surface area contributed by atoms with Gasteiger partial charge >= 0.3 is 5.69 Å². The molecule has 0 saturated heterocycles. The standard InChI is InChI=1S/C12H10N4O2S/c1-8-6-19-7-10(8)5-15-12-11(16(17)18)2-9(3-13)4-14-12/h2,4,6-7H,5H2,1H3,(H,14,15). The molecule has 2 heterocycles. The Morgan fingerprint density at radius 3 is 2.95 bits per heavy atom. The number of nitrogens with one attached hydrogen (secondary N) is 1. The zero-order valence-corrected chi connectivity index (χ0v) is 10.9. The molecule has 0 aliphatic rings. The summed E-state index contributed by atoms with van der Waals surface area (Å²) in [5.74, 6) is 0.176. The maximum atomic E-state index is 10.9. The normalized spacial score (nSPS) is 9.89. The molecule has 0 aliphatic carbocycles. The molecular weight excluding hydrogens is 264 g/mol. The van der Waals surface area contributed by atoms with Crippen LogP contribution < -0.4 is 5.32 Å². The van der Waals surface area contributed by atoms with Crippen LogP contribution in [0.4, 0.5) is 11.5 Å². The van der Waals surface area contributed by atoms with E-state index in [-0.39, 0.29) is 17.1 Å². The van der Waals surface area contributed by atoms with E-state index < -0.39 is 4.92 Å². The Balaban J connectivity index is 2.23. The molecule has 19 heavy (non-hydrogen) atoms. The molecule has 2 aromatic heterocycles. The average Bonchev–Trinajstić information content (AvgIpc) is 2.81. The summed E-state index contributed by atoms with van der Waals surface area (Å²) < 4.78 is 0. The number of pyridine rings is 1. The molecule has 6 nitrogen and oxygen atoms in total. The lowest BCUT2D eigenvalue weighted by Gasteiger charge is -2.06. The van der Waals surface area contributed by atoms with E-state index in [4.69, 9.17) is 5.26 Å². The third-order valence-electron chi connectivity index (χ3n) is 2.60.